The van der Waals surface area contributed by atoms with E-state index >= 15 is 0 Å². The molecule has 4 heteroatoms. The van der Waals surface area contributed by atoms with Gasteiger partial charge < -0.3 is 10.2 Å². The molecule has 2 N–H and O–H groups in total. The predicted molar refractivity (Wildman–Crippen MR) is 91.0 cm³/mol. The van der Waals surface area contributed by atoms with Crippen molar-refractivity contribution in [2.45, 2.75) is 44.9 Å². The number of allylic oxidation sites excluding steroid dienone is 1. The lowest BCUT2D eigenvalue weighted by Gasteiger charge is -2.36. The van der Waals surface area contributed by atoms with Crippen molar-refractivity contribution in [3.8, 4) is 0 Å². The third-order valence-corrected chi connectivity index (χ3v) is 8.50. The Morgan fingerprint density at radius 1 is 1.29 bits per heavy atom. The molecular weight excluding hydrogens is 278 g/mol. The van der Waals surface area contributed by atoms with Crippen LogP contribution in [-0.2, 0) is 4.43 Å². The average Bonchev–Trinajstić information content (AvgIpc) is 2.42. The van der Waals surface area contributed by atoms with Gasteiger partial charge in [0, 0.05) is 11.6 Å². The van der Waals surface area contributed by atoms with E-state index in [-0.39, 0.29) is 16.9 Å². The summed E-state index contributed by atoms with van der Waals surface area (Å²) in [4.78, 5) is 11.9. The molecule has 0 fully saturated rings. The maximum atomic E-state index is 11.9. The third-order valence-electron chi connectivity index (χ3n) is 4.00. The lowest BCUT2D eigenvalue weighted by molar-refractivity contribution is 0.104. The van der Waals surface area contributed by atoms with Crippen LogP contribution in [-0.4, -0.2) is 26.7 Å². The number of rotatable bonds is 6. The second kappa shape index (κ2) is 7.16. The normalized spacial score (nSPS) is 14.4. The van der Waals surface area contributed by atoms with Gasteiger partial charge in [0.05, 0.1) is 6.61 Å². The molecule has 1 atom stereocenters. The fourth-order valence-corrected chi connectivity index (χ4v) is 2.53. The number of ketones is 1. The smallest absolute Gasteiger partial charge is 0.192 e. The number of hydrogen-bond acceptors (Lipinski definition) is 3. The number of nitrogens with two attached hydrogens (primary N) is 1. The van der Waals surface area contributed by atoms with Gasteiger partial charge in [0.2, 0.25) is 0 Å². The standard InChI is InChI=1S/C17H27NO2Si/c1-17(2,3)21(4,5)20-13-15(18)11-12-16(19)14-9-7-6-8-10-14/h6-12,15H,13,18H2,1-5H3/b12-11+. The Morgan fingerprint density at radius 2 is 1.86 bits per heavy atom. The molecule has 0 amide bonds. The molecule has 1 unspecified atom stereocenters. The summed E-state index contributed by atoms with van der Waals surface area (Å²) in [5.41, 5.74) is 6.68. The molecule has 0 aliphatic carbocycles. The molecule has 21 heavy (non-hydrogen) atoms. The van der Waals surface area contributed by atoms with Gasteiger partial charge in [0.25, 0.3) is 0 Å². The lowest BCUT2D eigenvalue weighted by Crippen LogP contribution is -2.43. The minimum atomic E-state index is -1.79. The molecule has 0 aliphatic heterocycles. The van der Waals surface area contributed by atoms with E-state index in [1.165, 1.54) is 6.08 Å². The molecule has 0 heterocycles. The molecule has 0 aromatic heterocycles. The van der Waals surface area contributed by atoms with E-state index in [2.05, 4.69) is 33.9 Å². The second-order valence-corrected chi connectivity index (χ2v) is 11.6. The van der Waals surface area contributed by atoms with E-state index in [4.69, 9.17) is 10.2 Å². The minimum Gasteiger partial charge on any atom is -0.415 e. The van der Waals surface area contributed by atoms with Gasteiger partial charge in [-0.15, -0.1) is 0 Å². The fraction of sp³-hybridized carbons (Fsp3) is 0.471. The SMILES string of the molecule is CC(C)(C)[Si](C)(C)OCC(N)/C=C/C(=O)c1ccccc1. The van der Waals surface area contributed by atoms with Crippen molar-refractivity contribution in [3.63, 3.8) is 0 Å². The first-order valence-corrected chi connectivity index (χ1v) is 10.2. The van der Waals surface area contributed by atoms with Gasteiger partial charge in [-0.05, 0) is 24.2 Å². The largest absolute Gasteiger partial charge is 0.415 e. The van der Waals surface area contributed by atoms with Crippen molar-refractivity contribution >= 4 is 14.1 Å². The van der Waals surface area contributed by atoms with Gasteiger partial charge in [0.1, 0.15) is 0 Å². The van der Waals surface area contributed by atoms with Gasteiger partial charge in [-0.2, -0.15) is 0 Å². The van der Waals surface area contributed by atoms with Crippen LogP contribution in [0.25, 0.3) is 0 Å². The van der Waals surface area contributed by atoms with Crippen molar-refractivity contribution in [1.29, 1.82) is 0 Å². The monoisotopic (exact) mass is 305 g/mol. The van der Waals surface area contributed by atoms with Gasteiger partial charge in [-0.3, -0.25) is 4.79 Å². The quantitative estimate of drug-likeness (QED) is 0.494. The zero-order valence-electron chi connectivity index (χ0n) is 13.7. The van der Waals surface area contributed by atoms with Crippen LogP contribution in [0.1, 0.15) is 31.1 Å². The van der Waals surface area contributed by atoms with Crippen molar-refractivity contribution in [2.24, 2.45) is 5.73 Å². The zero-order chi connectivity index (χ0) is 16.1. The van der Waals surface area contributed by atoms with Crippen LogP contribution in [0, 0.1) is 0 Å². The number of carbonyl (C=O) groups excluding carboxylic acids is 1. The lowest BCUT2D eigenvalue weighted by atomic mass is 10.1. The molecule has 0 radical (unpaired) electrons. The highest BCUT2D eigenvalue weighted by molar-refractivity contribution is 6.74. The van der Waals surface area contributed by atoms with E-state index in [0.29, 0.717) is 12.2 Å². The number of benzene rings is 1. The Hall–Kier alpha value is -1.23. The van der Waals surface area contributed by atoms with E-state index in [9.17, 15) is 4.79 Å². The van der Waals surface area contributed by atoms with E-state index in [0.717, 1.165) is 0 Å². The van der Waals surface area contributed by atoms with Crippen LogP contribution in [0.4, 0.5) is 0 Å². The molecular formula is C17H27NO2Si. The average molecular weight is 305 g/mol. The summed E-state index contributed by atoms with van der Waals surface area (Å²) in [5.74, 6) is -0.0293. The Kier molecular flexibility index (Phi) is 6.07. The molecule has 116 valence electrons. The Bertz CT molecular complexity index is 489. The van der Waals surface area contributed by atoms with Gasteiger partial charge in [0.15, 0.2) is 14.1 Å². The first-order valence-electron chi connectivity index (χ1n) is 7.30. The van der Waals surface area contributed by atoms with E-state index in [1.807, 2.05) is 18.2 Å². The highest BCUT2D eigenvalue weighted by Crippen LogP contribution is 2.36. The maximum Gasteiger partial charge on any atom is 0.192 e. The summed E-state index contributed by atoms with van der Waals surface area (Å²) in [5, 5.41) is 0.163. The van der Waals surface area contributed by atoms with Crippen molar-refractivity contribution in [3.05, 3.63) is 48.0 Å². The number of hydrogen-bond donors (Lipinski definition) is 1. The highest BCUT2D eigenvalue weighted by Gasteiger charge is 2.37. The molecule has 0 bridgehead atoms. The second-order valence-electron chi connectivity index (χ2n) is 6.82. The predicted octanol–water partition coefficient (Wildman–Crippen LogP) is 3.77. The first-order chi connectivity index (χ1) is 9.63. The summed E-state index contributed by atoms with van der Waals surface area (Å²) in [6, 6.07) is 8.92. The van der Waals surface area contributed by atoms with Crippen molar-refractivity contribution in [2.75, 3.05) is 6.61 Å². The van der Waals surface area contributed by atoms with Crippen molar-refractivity contribution < 1.29 is 9.22 Å². The molecule has 3 nitrogen and oxygen atoms in total. The molecule has 1 aromatic carbocycles. The zero-order valence-corrected chi connectivity index (χ0v) is 14.7. The summed E-state index contributed by atoms with van der Waals surface area (Å²) in [6.07, 6.45) is 3.26. The summed E-state index contributed by atoms with van der Waals surface area (Å²) in [6.45, 7) is 11.4. The van der Waals surface area contributed by atoms with Crippen LogP contribution in [0.3, 0.4) is 0 Å². The molecule has 0 aliphatic rings. The van der Waals surface area contributed by atoms with Gasteiger partial charge in [-0.25, -0.2) is 0 Å². The van der Waals surface area contributed by atoms with Gasteiger partial charge in [-0.1, -0.05) is 57.2 Å². The first kappa shape index (κ1) is 17.8. The molecule has 0 saturated heterocycles. The Morgan fingerprint density at radius 3 is 2.38 bits per heavy atom. The van der Waals surface area contributed by atoms with Gasteiger partial charge >= 0.3 is 0 Å². The summed E-state index contributed by atoms with van der Waals surface area (Å²) in [7, 11) is -1.79. The van der Waals surface area contributed by atoms with Crippen LogP contribution >= 0.6 is 0 Å². The minimum absolute atomic E-state index is 0.0293. The molecule has 0 saturated carbocycles. The van der Waals surface area contributed by atoms with Crippen LogP contribution in [0.2, 0.25) is 18.1 Å². The highest BCUT2D eigenvalue weighted by atomic mass is 28.4. The Balaban J connectivity index is 2.53. The van der Waals surface area contributed by atoms with Crippen LogP contribution in [0.15, 0.2) is 42.5 Å². The van der Waals surface area contributed by atoms with E-state index in [1.54, 1.807) is 18.2 Å². The number of carbonyl (C=O) groups is 1. The fourth-order valence-electron chi connectivity index (χ4n) is 1.49. The van der Waals surface area contributed by atoms with Crippen LogP contribution in [0.5, 0.6) is 0 Å². The molecule has 0 spiro atoms. The Labute approximate surface area is 129 Å². The molecule has 1 aromatic rings. The summed E-state index contributed by atoms with van der Waals surface area (Å²) < 4.78 is 6.05. The topological polar surface area (TPSA) is 52.3 Å². The summed E-state index contributed by atoms with van der Waals surface area (Å²) >= 11 is 0. The third kappa shape index (κ3) is 5.57. The van der Waals surface area contributed by atoms with Crippen LogP contribution < -0.4 is 5.73 Å². The van der Waals surface area contributed by atoms with E-state index < -0.39 is 8.32 Å². The maximum absolute atomic E-state index is 11.9. The molecule has 1 rings (SSSR count). The van der Waals surface area contributed by atoms with Crippen molar-refractivity contribution in [1.82, 2.24) is 0 Å².